The molecule has 1 aromatic carbocycles. The van der Waals surface area contributed by atoms with Crippen LogP contribution in [-0.4, -0.2) is 65.8 Å². The SMILES string of the molecule is CC(=O)N1CCN(c2ccc(C(=O)N3CCC(C)CC3)cc2[N+](=O)[O-])CC1. The zero-order valence-corrected chi connectivity index (χ0v) is 15.9. The summed E-state index contributed by atoms with van der Waals surface area (Å²) in [6.45, 7) is 7.26. The Morgan fingerprint density at radius 1 is 1.04 bits per heavy atom. The molecule has 0 saturated carbocycles. The number of anilines is 1. The van der Waals surface area contributed by atoms with Crippen molar-refractivity contribution in [1.82, 2.24) is 9.80 Å². The highest BCUT2D eigenvalue weighted by molar-refractivity contribution is 5.96. The van der Waals surface area contributed by atoms with Gasteiger partial charge in [-0.2, -0.15) is 0 Å². The van der Waals surface area contributed by atoms with Crippen molar-refractivity contribution in [3.05, 3.63) is 33.9 Å². The van der Waals surface area contributed by atoms with E-state index in [1.807, 2.05) is 4.90 Å². The molecule has 2 aliphatic heterocycles. The molecule has 0 unspecified atom stereocenters. The van der Waals surface area contributed by atoms with Crippen molar-refractivity contribution in [2.75, 3.05) is 44.2 Å². The minimum Gasteiger partial charge on any atom is -0.362 e. The number of amides is 2. The van der Waals surface area contributed by atoms with Crippen molar-refractivity contribution in [1.29, 1.82) is 0 Å². The molecule has 0 spiro atoms. The lowest BCUT2D eigenvalue weighted by Gasteiger charge is -2.35. The van der Waals surface area contributed by atoms with E-state index in [9.17, 15) is 19.7 Å². The van der Waals surface area contributed by atoms with Gasteiger partial charge in [-0.15, -0.1) is 0 Å². The van der Waals surface area contributed by atoms with Crippen LogP contribution in [0, 0.1) is 16.0 Å². The minimum absolute atomic E-state index is 0.0148. The number of carbonyl (C=O) groups excluding carboxylic acids is 2. The second-order valence-corrected chi connectivity index (χ2v) is 7.43. The topological polar surface area (TPSA) is 87.0 Å². The maximum absolute atomic E-state index is 12.7. The van der Waals surface area contributed by atoms with E-state index in [0.717, 1.165) is 12.8 Å². The van der Waals surface area contributed by atoms with Crippen LogP contribution in [0.25, 0.3) is 0 Å². The lowest BCUT2D eigenvalue weighted by atomic mass is 9.98. The first-order chi connectivity index (χ1) is 12.9. The molecular formula is C19H26N4O4. The second kappa shape index (κ2) is 7.94. The van der Waals surface area contributed by atoms with Gasteiger partial charge in [-0.25, -0.2) is 0 Å². The summed E-state index contributed by atoms with van der Waals surface area (Å²) in [6, 6.07) is 4.74. The third-order valence-corrected chi connectivity index (χ3v) is 5.56. The van der Waals surface area contributed by atoms with Crippen LogP contribution in [0.1, 0.15) is 37.0 Å². The number of nitro benzene ring substituents is 1. The second-order valence-electron chi connectivity index (χ2n) is 7.43. The third kappa shape index (κ3) is 4.20. The lowest BCUT2D eigenvalue weighted by Crippen LogP contribution is -2.48. The van der Waals surface area contributed by atoms with Gasteiger partial charge in [-0.3, -0.25) is 19.7 Å². The molecule has 2 fully saturated rings. The maximum atomic E-state index is 12.7. The largest absolute Gasteiger partial charge is 0.362 e. The molecule has 3 rings (SSSR count). The van der Waals surface area contributed by atoms with E-state index >= 15 is 0 Å². The standard InChI is InChI=1S/C19H26N4O4/c1-14-5-7-22(8-6-14)19(25)16-3-4-17(18(13-16)23(26)27)21-11-9-20(10-12-21)15(2)24/h3-4,13-14H,5-12H2,1-2H3. The molecule has 8 heteroatoms. The van der Waals surface area contributed by atoms with E-state index < -0.39 is 4.92 Å². The van der Waals surface area contributed by atoms with E-state index in [1.165, 1.54) is 13.0 Å². The molecule has 0 N–H and O–H groups in total. The first kappa shape index (κ1) is 19.1. The fraction of sp³-hybridized carbons (Fsp3) is 0.579. The van der Waals surface area contributed by atoms with Gasteiger partial charge in [0.1, 0.15) is 5.69 Å². The van der Waals surface area contributed by atoms with Crippen molar-refractivity contribution >= 4 is 23.2 Å². The quantitative estimate of drug-likeness (QED) is 0.597. The molecule has 8 nitrogen and oxygen atoms in total. The van der Waals surface area contributed by atoms with Crippen molar-refractivity contribution in [3.63, 3.8) is 0 Å². The Bertz CT molecular complexity index is 735. The van der Waals surface area contributed by atoms with E-state index in [-0.39, 0.29) is 17.5 Å². The number of hydrogen-bond acceptors (Lipinski definition) is 5. The molecule has 2 saturated heterocycles. The van der Waals surface area contributed by atoms with Crippen molar-refractivity contribution in [2.24, 2.45) is 5.92 Å². The zero-order chi connectivity index (χ0) is 19.6. The average molecular weight is 374 g/mol. The first-order valence-electron chi connectivity index (χ1n) is 9.45. The highest BCUT2D eigenvalue weighted by Gasteiger charge is 2.27. The first-order valence-corrected chi connectivity index (χ1v) is 9.45. The highest BCUT2D eigenvalue weighted by atomic mass is 16.6. The Balaban J connectivity index is 1.78. The molecule has 2 amide bonds. The summed E-state index contributed by atoms with van der Waals surface area (Å²) in [7, 11) is 0. The Kier molecular flexibility index (Phi) is 5.62. The van der Waals surface area contributed by atoms with Crippen molar-refractivity contribution < 1.29 is 14.5 Å². The maximum Gasteiger partial charge on any atom is 0.293 e. The predicted octanol–water partition coefficient (Wildman–Crippen LogP) is 2.14. The number of carbonyl (C=O) groups is 2. The van der Waals surface area contributed by atoms with Gasteiger partial charge in [0.15, 0.2) is 0 Å². The van der Waals surface area contributed by atoms with Gasteiger partial charge in [0, 0.05) is 57.8 Å². The van der Waals surface area contributed by atoms with Gasteiger partial charge in [-0.1, -0.05) is 6.92 Å². The molecule has 27 heavy (non-hydrogen) atoms. The smallest absolute Gasteiger partial charge is 0.293 e. The zero-order valence-electron chi connectivity index (χ0n) is 15.9. The summed E-state index contributed by atoms with van der Waals surface area (Å²) in [4.78, 5) is 40.8. The molecule has 0 aromatic heterocycles. The molecule has 146 valence electrons. The van der Waals surface area contributed by atoms with Gasteiger partial charge in [0.2, 0.25) is 5.91 Å². The van der Waals surface area contributed by atoms with Crippen LogP contribution in [0.2, 0.25) is 0 Å². The monoisotopic (exact) mass is 374 g/mol. The summed E-state index contributed by atoms with van der Waals surface area (Å²) in [5.41, 5.74) is 0.817. The van der Waals surface area contributed by atoms with Gasteiger partial charge < -0.3 is 14.7 Å². The molecule has 0 aliphatic carbocycles. The third-order valence-electron chi connectivity index (χ3n) is 5.56. The number of piperazine rings is 1. The fourth-order valence-electron chi connectivity index (χ4n) is 3.73. The Morgan fingerprint density at radius 2 is 1.67 bits per heavy atom. The summed E-state index contributed by atoms with van der Waals surface area (Å²) in [5.74, 6) is 0.485. The summed E-state index contributed by atoms with van der Waals surface area (Å²) in [5, 5.41) is 11.6. The van der Waals surface area contributed by atoms with Crippen LogP contribution >= 0.6 is 0 Å². The molecule has 0 radical (unpaired) electrons. The van der Waals surface area contributed by atoms with Crippen LogP contribution in [0.15, 0.2) is 18.2 Å². The normalized spacial score (nSPS) is 18.5. The number of hydrogen-bond donors (Lipinski definition) is 0. The molecular weight excluding hydrogens is 348 g/mol. The van der Waals surface area contributed by atoms with Gasteiger partial charge in [-0.05, 0) is 30.9 Å². The molecule has 2 aliphatic rings. The molecule has 0 bridgehead atoms. The van der Waals surface area contributed by atoms with E-state index in [1.54, 1.807) is 21.9 Å². The van der Waals surface area contributed by atoms with Crippen LogP contribution < -0.4 is 4.90 Å². The van der Waals surface area contributed by atoms with E-state index in [0.29, 0.717) is 56.4 Å². The molecule has 2 heterocycles. The van der Waals surface area contributed by atoms with Crippen LogP contribution in [0.4, 0.5) is 11.4 Å². The van der Waals surface area contributed by atoms with Crippen LogP contribution in [0.5, 0.6) is 0 Å². The van der Waals surface area contributed by atoms with Crippen LogP contribution in [0.3, 0.4) is 0 Å². The van der Waals surface area contributed by atoms with Crippen molar-refractivity contribution in [2.45, 2.75) is 26.7 Å². The number of rotatable bonds is 3. The van der Waals surface area contributed by atoms with E-state index in [4.69, 9.17) is 0 Å². The fourth-order valence-corrected chi connectivity index (χ4v) is 3.73. The lowest BCUT2D eigenvalue weighted by molar-refractivity contribution is -0.384. The highest BCUT2D eigenvalue weighted by Crippen LogP contribution is 2.31. The number of nitrogens with zero attached hydrogens (tertiary/aromatic N) is 4. The predicted molar refractivity (Wildman–Crippen MR) is 102 cm³/mol. The molecule has 1 aromatic rings. The number of piperidine rings is 1. The minimum atomic E-state index is -0.429. The number of likely N-dealkylation sites (tertiary alicyclic amines) is 1. The summed E-state index contributed by atoms with van der Waals surface area (Å²) >= 11 is 0. The van der Waals surface area contributed by atoms with E-state index in [2.05, 4.69) is 6.92 Å². The molecule has 0 atom stereocenters. The Morgan fingerprint density at radius 3 is 2.22 bits per heavy atom. The average Bonchev–Trinajstić information content (AvgIpc) is 2.67. The van der Waals surface area contributed by atoms with Gasteiger partial charge >= 0.3 is 0 Å². The van der Waals surface area contributed by atoms with Crippen molar-refractivity contribution in [3.8, 4) is 0 Å². The van der Waals surface area contributed by atoms with Gasteiger partial charge in [0.05, 0.1) is 4.92 Å². The number of benzene rings is 1. The Hall–Kier alpha value is -2.64. The van der Waals surface area contributed by atoms with Gasteiger partial charge in [0.25, 0.3) is 11.6 Å². The summed E-state index contributed by atoms with van der Waals surface area (Å²) in [6.07, 6.45) is 1.93. The Labute approximate surface area is 158 Å². The van der Waals surface area contributed by atoms with Crippen LogP contribution in [-0.2, 0) is 4.79 Å². The summed E-state index contributed by atoms with van der Waals surface area (Å²) < 4.78 is 0. The number of nitro groups is 1.